The van der Waals surface area contributed by atoms with Crippen molar-refractivity contribution in [3.63, 3.8) is 0 Å². The van der Waals surface area contributed by atoms with E-state index in [2.05, 4.69) is 4.90 Å². The summed E-state index contributed by atoms with van der Waals surface area (Å²) in [5.41, 5.74) is 5.70. The van der Waals surface area contributed by atoms with Crippen molar-refractivity contribution in [2.75, 3.05) is 43.9 Å². The summed E-state index contributed by atoms with van der Waals surface area (Å²) in [5.74, 6) is 1.44. The van der Waals surface area contributed by atoms with E-state index in [1.165, 1.54) is 19.1 Å². The maximum absolute atomic E-state index is 14.3. The van der Waals surface area contributed by atoms with Gasteiger partial charge in [-0.1, -0.05) is 11.6 Å². The molecular weight excluding hydrogens is 534 g/mol. The fraction of sp³-hybridized carbons (Fsp3) is 0.500. The molecule has 0 bridgehead atoms. The predicted molar refractivity (Wildman–Crippen MR) is 144 cm³/mol. The zero-order valence-electron chi connectivity index (χ0n) is 21.8. The summed E-state index contributed by atoms with van der Waals surface area (Å²) in [6.45, 7) is 3.54. The molecule has 208 valence electrons. The number of nitrogen functional groups attached to an aromatic ring is 1. The molecule has 0 aliphatic carbocycles. The number of fused-ring (bicyclic) bond motifs is 1. The minimum Gasteiger partial charge on any atom is -0.489 e. The van der Waals surface area contributed by atoms with Crippen LogP contribution in [0.3, 0.4) is 0 Å². The topological polar surface area (TPSA) is 67.5 Å². The van der Waals surface area contributed by atoms with E-state index >= 15 is 0 Å². The van der Waals surface area contributed by atoms with E-state index in [9.17, 15) is 17.6 Å². The summed E-state index contributed by atoms with van der Waals surface area (Å²) in [4.78, 5) is 13.9. The number of benzene rings is 2. The highest BCUT2D eigenvalue weighted by atomic mass is 35.5. The average Bonchev–Trinajstić information content (AvgIpc) is 3.31. The fourth-order valence-corrected chi connectivity index (χ4v) is 7.04. The van der Waals surface area contributed by atoms with Gasteiger partial charge in [-0.25, -0.2) is 14.4 Å². The van der Waals surface area contributed by atoms with Crippen molar-refractivity contribution in [1.29, 1.82) is 0 Å². The van der Waals surface area contributed by atoms with Crippen LogP contribution in [0.25, 0.3) is 22.0 Å². The number of anilines is 2. The van der Waals surface area contributed by atoms with Gasteiger partial charge in [-0.15, -0.1) is 0 Å². The highest BCUT2D eigenvalue weighted by molar-refractivity contribution is 6.36. The number of aryl methyl sites for hydroxylation is 2. The fourth-order valence-electron chi connectivity index (χ4n) is 6.74. The van der Waals surface area contributed by atoms with Gasteiger partial charge in [0.15, 0.2) is 5.75 Å². The molecule has 0 saturated carbocycles. The maximum Gasteiger partial charge on any atom is 0.417 e. The summed E-state index contributed by atoms with van der Waals surface area (Å²) in [5, 5.41) is 0.623. The van der Waals surface area contributed by atoms with E-state index in [1.54, 1.807) is 6.07 Å². The van der Waals surface area contributed by atoms with Gasteiger partial charge in [0.1, 0.15) is 24.4 Å². The molecule has 0 spiro atoms. The summed E-state index contributed by atoms with van der Waals surface area (Å²) < 4.78 is 63.0. The first-order valence-electron chi connectivity index (χ1n) is 13.2. The number of nitrogens with two attached hydrogens (primary N) is 1. The van der Waals surface area contributed by atoms with E-state index in [-0.39, 0.29) is 45.3 Å². The molecule has 2 fully saturated rings. The molecule has 3 aliphatic heterocycles. The van der Waals surface area contributed by atoms with Gasteiger partial charge in [0.05, 0.1) is 28.0 Å². The van der Waals surface area contributed by atoms with Gasteiger partial charge in [0.25, 0.3) is 0 Å². The quantitative estimate of drug-likeness (QED) is 0.301. The first-order chi connectivity index (χ1) is 18.5. The third-order valence-corrected chi connectivity index (χ3v) is 8.82. The summed E-state index contributed by atoms with van der Waals surface area (Å²) in [6, 6.07) is 4.18. The molecule has 0 radical (unpaired) electrons. The summed E-state index contributed by atoms with van der Waals surface area (Å²) in [7, 11) is 1.89. The van der Waals surface area contributed by atoms with Crippen LogP contribution in [0.2, 0.25) is 5.02 Å². The van der Waals surface area contributed by atoms with Crippen LogP contribution in [0.1, 0.15) is 42.6 Å². The smallest absolute Gasteiger partial charge is 0.417 e. The van der Waals surface area contributed by atoms with Gasteiger partial charge < -0.3 is 15.4 Å². The second-order valence-corrected chi connectivity index (χ2v) is 11.4. The molecule has 2 N–H and O–H groups in total. The van der Waals surface area contributed by atoms with Crippen molar-refractivity contribution in [3.8, 4) is 16.9 Å². The number of aromatic nitrogens is 2. The Morgan fingerprint density at radius 2 is 1.97 bits per heavy atom. The van der Waals surface area contributed by atoms with E-state index in [0.29, 0.717) is 48.5 Å². The molecule has 2 atom stereocenters. The number of hydrogen-bond acceptors (Lipinski definition) is 6. The van der Waals surface area contributed by atoms with Crippen molar-refractivity contribution >= 4 is 34.0 Å². The van der Waals surface area contributed by atoms with Crippen LogP contribution in [0.5, 0.6) is 5.75 Å². The Bertz CT molecular complexity index is 1460. The molecule has 2 aromatic carbocycles. The van der Waals surface area contributed by atoms with Gasteiger partial charge in [-0.3, -0.25) is 4.90 Å². The van der Waals surface area contributed by atoms with Crippen LogP contribution in [0, 0.1) is 6.92 Å². The molecule has 2 saturated heterocycles. The lowest BCUT2D eigenvalue weighted by Crippen LogP contribution is -2.38. The molecule has 0 amide bonds. The van der Waals surface area contributed by atoms with Gasteiger partial charge in [-0.05, 0) is 68.5 Å². The molecule has 6 nitrogen and oxygen atoms in total. The number of ether oxygens (including phenoxy) is 1. The Kier molecular flexibility index (Phi) is 6.34. The molecule has 4 heterocycles. The predicted octanol–water partition coefficient (Wildman–Crippen LogP) is 6.20. The lowest BCUT2D eigenvalue weighted by Gasteiger charge is -2.31. The Hall–Kier alpha value is -2.85. The number of hydrogen-bond donors (Lipinski definition) is 1. The molecular formula is C28H30ClF4N5O. The number of alkyl halides is 4. The van der Waals surface area contributed by atoms with Crippen molar-refractivity contribution in [3.05, 3.63) is 40.2 Å². The number of rotatable bonds is 4. The standard InChI is InChI=1S/C28H30ClF4N5O/c1-15-10-17(34)11-18(23(15)28(31,32)33)19-12-20-22-25(24(19)29)39-9-8-37(2)26(22)36-21(35-20)4-6-27-5-3-7-38(27)14-16(30)13-27/h10-12,16H,3-9,13-14,34H2,1-2H3/t16-,27-/m1/s1. The Labute approximate surface area is 229 Å². The first-order valence-corrected chi connectivity index (χ1v) is 13.6. The SMILES string of the molecule is Cc1cc(N)cc(-c2cc3nc(CC[C@@]45CCCN4C[C@H](F)C5)nc4c3c(c2Cl)OCCN4C)c1C(F)(F)F. The van der Waals surface area contributed by atoms with Crippen molar-refractivity contribution < 1.29 is 22.3 Å². The maximum atomic E-state index is 14.3. The Morgan fingerprint density at radius 1 is 1.18 bits per heavy atom. The van der Waals surface area contributed by atoms with Crippen LogP contribution in [-0.4, -0.2) is 59.9 Å². The molecule has 1 aromatic heterocycles. The zero-order valence-corrected chi connectivity index (χ0v) is 22.6. The van der Waals surface area contributed by atoms with Gasteiger partial charge in [0.2, 0.25) is 0 Å². The van der Waals surface area contributed by atoms with Crippen LogP contribution >= 0.6 is 11.6 Å². The minimum absolute atomic E-state index is 0.00681. The van der Waals surface area contributed by atoms with Gasteiger partial charge in [0, 0.05) is 36.8 Å². The number of nitrogens with zero attached hydrogens (tertiary/aromatic N) is 4. The second-order valence-electron chi connectivity index (χ2n) is 11.0. The average molecular weight is 564 g/mol. The summed E-state index contributed by atoms with van der Waals surface area (Å²) >= 11 is 6.79. The van der Waals surface area contributed by atoms with E-state index in [0.717, 1.165) is 25.8 Å². The Morgan fingerprint density at radius 3 is 2.74 bits per heavy atom. The molecule has 3 aromatic rings. The van der Waals surface area contributed by atoms with Crippen molar-refractivity contribution in [1.82, 2.24) is 14.9 Å². The monoisotopic (exact) mass is 563 g/mol. The molecule has 39 heavy (non-hydrogen) atoms. The molecule has 3 aliphatic rings. The number of likely N-dealkylation sites (N-methyl/N-ethyl adjacent to an activating group) is 1. The highest BCUT2D eigenvalue weighted by Gasteiger charge is 2.48. The van der Waals surface area contributed by atoms with Crippen LogP contribution in [-0.2, 0) is 12.6 Å². The van der Waals surface area contributed by atoms with Gasteiger partial charge >= 0.3 is 6.18 Å². The lowest BCUT2D eigenvalue weighted by molar-refractivity contribution is -0.137. The zero-order chi connectivity index (χ0) is 27.7. The number of halogens is 5. The third-order valence-electron chi connectivity index (χ3n) is 8.45. The summed E-state index contributed by atoms with van der Waals surface area (Å²) in [6.07, 6.45) is -1.70. The molecule has 11 heteroatoms. The lowest BCUT2D eigenvalue weighted by atomic mass is 9.88. The minimum atomic E-state index is -4.62. The van der Waals surface area contributed by atoms with E-state index in [1.807, 2.05) is 11.9 Å². The normalized spacial score (nSPS) is 23.3. The molecule has 0 unspecified atom stereocenters. The van der Waals surface area contributed by atoms with Crippen molar-refractivity contribution in [2.24, 2.45) is 0 Å². The highest BCUT2D eigenvalue weighted by Crippen LogP contribution is 2.49. The van der Waals surface area contributed by atoms with E-state index < -0.39 is 17.9 Å². The van der Waals surface area contributed by atoms with Crippen molar-refractivity contribution in [2.45, 2.75) is 56.9 Å². The van der Waals surface area contributed by atoms with E-state index in [4.69, 9.17) is 32.0 Å². The van der Waals surface area contributed by atoms with Gasteiger partial charge in [-0.2, -0.15) is 13.2 Å². The molecule has 6 rings (SSSR count). The van der Waals surface area contributed by atoms with Crippen LogP contribution in [0.4, 0.5) is 29.1 Å². The largest absolute Gasteiger partial charge is 0.489 e. The van der Waals surface area contributed by atoms with Crippen LogP contribution in [0.15, 0.2) is 18.2 Å². The third kappa shape index (κ3) is 4.45. The van der Waals surface area contributed by atoms with Crippen LogP contribution < -0.4 is 15.4 Å². The second kappa shape index (κ2) is 9.37. The Balaban J connectivity index is 1.50. The first kappa shape index (κ1) is 26.4.